The topological polar surface area (TPSA) is 0 Å². The molecule has 0 fully saturated rings. The van der Waals surface area contributed by atoms with Gasteiger partial charge in [0.1, 0.15) is 0 Å². The fourth-order valence-corrected chi connectivity index (χ4v) is 6.08. The van der Waals surface area contributed by atoms with E-state index < -0.39 is 0 Å². The van der Waals surface area contributed by atoms with E-state index in [2.05, 4.69) is 104 Å². The van der Waals surface area contributed by atoms with Crippen molar-refractivity contribution in [1.29, 1.82) is 0 Å². The summed E-state index contributed by atoms with van der Waals surface area (Å²) in [7, 11) is 0. The molecule has 4 heteroatoms. The number of rotatable bonds is 3. The van der Waals surface area contributed by atoms with Crippen molar-refractivity contribution < 1.29 is 46.5 Å². The zero-order chi connectivity index (χ0) is 18.4. The molecule has 0 saturated heterocycles. The molecule has 27 heavy (non-hydrogen) atoms. The van der Waals surface area contributed by atoms with Crippen molar-refractivity contribution in [3.8, 4) is 0 Å². The van der Waals surface area contributed by atoms with Crippen LogP contribution >= 0.6 is 11.8 Å². The smallest absolute Gasteiger partial charge is 1.00 e. The van der Waals surface area contributed by atoms with Gasteiger partial charge in [-0.15, -0.1) is 18.2 Å². The van der Waals surface area contributed by atoms with E-state index in [1.165, 1.54) is 11.1 Å². The number of hydrogen-bond donors (Lipinski definition) is 0. The molecule has 0 aliphatic heterocycles. The Balaban J connectivity index is 0. The zero-order valence-corrected chi connectivity index (χ0v) is 22.3. The Morgan fingerprint density at radius 1 is 1.00 bits per heavy atom. The van der Waals surface area contributed by atoms with Crippen LogP contribution in [0.25, 0.3) is 0 Å². The van der Waals surface area contributed by atoms with Crippen molar-refractivity contribution in [2.75, 3.05) is 0 Å². The van der Waals surface area contributed by atoms with Gasteiger partial charge in [0, 0.05) is 9.49 Å². The fourth-order valence-electron chi connectivity index (χ4n) is 4.03. The summed E-state index contributed by atoms with van der Waals surface area (Å²) in [6.45, 7) is 21.3. The average molecular weight is 462 g/mol. The van der Waals surface area contributed by atoms with E-state index in [1.54, 1.807) is 5.57 Å². The van der Waals surface area contributed by atoms with Gasteiger partial charge in [0.15, 0.2) is 0 Å². The normalized spacial score (nSPS) is 22.6. The van der Waals surface area contributed by atoms with Crippen LogP contribution in [0, 0.1) is 16.9 Å². The third-order valence-electron chi connectivity index (χ3n) is 5.18. The quantitative estimate of drug-likeness (QED) is 0.450. The summed E-state index contributed by atoms with van der Waals surface area (Å²) >= 11 is 2.15. The molecular weight excluding hydrogens is 427 g/mol. The van der Waals surface area contributed by atoms with Crippen LogP contribution in [0.4, 0.5) is 0 Å². The maximum absolute atomic E-state index is 3.63. The van der Waals surface area contributed by atoms with Crippen LogP contribution < -0.4 is 24.8 Å². The first-order valence-corrected chi connectivity index (χ1v) is 9.99. The summed E-state index contributed by atoms with van der Waals surface area (Å²) in [6.07, 6.45) is 15.1. The number of hydrogen-bond acceptors (Lipinski definition) is 1. The Morgan fingerprint density at radius 2 is 1.56 bits per heavy atom. The molecule has 1 unspecified atom stereocenters. The molecule has 0 aromatic rings. The van der Waals surface area contributed by atoms with Gasteiger partial charge in [-0.25, -0.2) is 11.6 Å². The molecule has 2 aliphatic carbocycles. The summed E-state index contributed by atoms with van der Waals surface area (Å²) in [6, 6.07) is 0. The maximum Gasteiger partial charge on any atom is 3.00 e. The largest absolute Gasteiger partial charge is 3.00 e. The summed E-state index contributed by atoms with van der Waals surface area (Å²) < 4.78 is 0.254. The van der Waals surface area contributed by atoms with Crippen molar-refractivity contribution in [3.05, 3.63) is 47.1 Å². The van der Waals surface area contributed by atoms with E-state index in [0.717, 1.165) is 12.8 Å². The van der Waals surface area contributed by atoms with E-state index >= 15 is 0 Å². The van der Waals surface area contributed by atoms with Crippen LogP contribution in [0.3, 0.4) is 0 Å². The van der Waals surface area contributed by atoms with Crippen molar-refractivity contribution >= 4 is 11.8 Å². The maximum atomic E-state index is 3.63. The molecule has 2 rings (SSSR count). The number of thioether (sulfide) groups is 1. The first-order chi connectivity index (χ1) is 10.8. The predicted octanol–water partition coefficient (Wildman–Crippen LogP) is 1.30. The minimum atomic E-state index is 0. The predicted molar refractivity (Wildman–Crippen MR) is 110 cm³/mol. The van der Waals surface area contributed by atoms with Gasteiger partial charge in [0.25, 0.3) is 0 Å². The van der Waals surface area contributed by atoms with Gasteiger partial charge in [-0.2, -0.15) is 6.08 Å². The molecule has 0 spiro atoms. The Kier molecular flexibility index (Phi) is 11.1. The average Bonchev–Trinajstić information content (AvgIpc) is 2.92. The van der Waals surface area contributed by atoms with Gasteiger partial charge >= 0.3 is 21.7 Å². The Morgan fingerprint density at radius 3 is 1.96 bits per heavy atom. The molecule has 0 aromatic heterocycles. The number of allylic oxidation sites excluding steroid dienone is 7. The minimum absolute atomic E-state index is 0. The first kappa shape index (κ1) is 29.8. The monoisotopic (exact) mass is 461 g/mol. The molecule has 2 aliphatic rings. The van der Waals surface area contributed by atoms with E-state index in [9.17, 15) is 0 Å². The zero-order valence-electron chi connectivity index (χ0n) is 18.4. The molecule has 0 bridgehead atoms. The Hall–Kier alpha value is 0.604. The molecule has 0 N–H and O–H groups in total. The molecule has 0 heterocycles. The van der Waals surface area contributed by atoms with Crippen LogP contribution in [-0.2, 0) is 21.7 Å². The Bertz CT molecular complexity index is 628. The molecule has 0 amide bonds. The second-order valence-electron chi connectivity index (χ2n) is 9.82. The molecular formula is C23H35Cl2STi. The van der Waals surface area contributed by atoms with E-state index in [4.69, 9.17) is 0 Å². The standard InChI is InChI=1S/C23H35S.2ClH.Ti/c1-17-14-15-23(24-21(5,6)7,19(16-17)20(2,3)4)22(8,9)18-12-10-11-13-18;;;/h10,12,14,16H,11,15H2,1-9H3;2*1H;/q-1;;;+3/p-2. The minimum Gasteiger partial charge on any atom is -1.00 e. The van der Waals surface area contributed by atoms with Crippen LogP contribution in [-0.4, -0.2) is 9.49 Å². The summed E-state index contributed by atoms with van der Waals surface area (Å²) in [5.41, 5.74) is 4.54. The summed E-state index contributed by atoms with van der Waals surface area (Å²) in [5.74, 6) is 0. The summed E-state index contributed by atoms with van der Waals surface area (Å²) in [5, 5.41) is 0. The van der Waals surface area contributed by atoms with Crippen molar-refractivity contribution in [3.63, 3.8) is 0 Å². The van der Waals surface area contributed by atoms with Gasteiger partial charge in [-0.1, -0.05) is 73.1 Å². The van der Waals surface area contributed by atoms with Crippen LogP contribution in [0.2, 0.25) is 0 Å². The van der Waals surface area contributed by atoms with E-state index in [-0.39, 0.29) is 66.9 Å². The molecule has 0 saturated carbocycles. The number of halogens is 2. The van der Waals surface area contributed by atoms with Gasteiger partial charge in [-0.05, 0) is 29.7 Å². The van der Waals surface area contributed by atoms with Crippen molar-refractivity contribution in [1.82, 2.24) is 0 Å². The third-order valence-corrected chi connectivity index (χ3v) is 7.04. The van der Waals surface area contributed by atoms with E-state index in [0.29, 0.717) is 0 Å². The van der Waals surface area contributed by atoms with Gasteiger partial charge in [-0.3, -0.25) is 6.08 Å². The van der Waals surface area contributed by atoms with Gasteiger partial charge < -0.3 is 24.8 Å². The van der Waals surface area contributed by atoms with Crippen LogP contribution in [0.5, 0.6) is 0 Å². The molecule has 1 atom stereocenters. The molecule has 151 valence electrons. The second kappa shape index (κ2) is 10.1. The van der Waals surface area contributed by atoms with Crippen molar-refractivity contribution in [2.24, 2.45) is 10.8 Å². The van der Waals surface area contributed by atoms with Crippen molar-refractivity contribution in [2.45, 2.75) is 84.6 Å². The van der Waals surface area contributed by atoms with Gasteiger partial charge in [0.05, 0.1) is 0 Å². The molecule has 0 aromatic carbocycles. The second-order valence-corrected chi connectivity index (χ2v) is 11.9. The van der Waals surface area contributed by atoms with Gasteiger partial charge in [0.2, 0.25) is 0 Å². The first-order valence-electron chi connectivity index (χ1n) is 9.17. The molecule has 1 radical (unpaired) electrons. The summed E-state index contributed by atoms with van der Waals surface area (Å²) in [4.78, 5) is 0. The van der Waals surface area contributed by atoms with Crippen LogP contribution in [0.1, 0.15) is 75.2 Å². The molecule has 0 nitrogen and oxygen atoms in total. The fraction of sp³-hybridized carbons (Fsp3) is 0.652. The third kappa shape index (κ3) is 6.29. The Labute approximate surface area is 199 Å². The van der Waals surface area contributed by atoms with E-state index in [1.807, 2.05) is 0 Å². The van der Waals surface area contributed by atoms with Crippen LogP contribution in [0.15, 0.2) is 41.0 Å². The SMILES string of the molecule is CC1=CCC(SC(C)(C)C)(C(C)(C)C2=[C-]CC=C2)C(C(C)(C)C)=C1.[Cl-].[Cl-].[Ti+3].